The molecule has 4 aromatic rings. The first-order valence-electron chi connectivity index (χ1n) is 15.3. The van der Waals surface area contributed by atoms with Crippen molar-refractivity contribution < 1.29 is 18.3 Å². The van der Waals surface area contributed by atoms with Gasteiger partial charge in [0, 0.05) is 48.9 Å². The van der Waals surface area contributed by atoms with E-state index in [1.165, 1.54) is 15.6 Å². The lowest BCUT2D eigenvalue weighted by Gasteiger charge is -2.26. The number of rotatable bonds is 8. The van der Waals surface area contributed by atoms with E-state index in [4.69, 9.17) is 28.3 Å². The van der Waals surface area contributed by atoms with Gasteiger partial charge in [0.2, 0.25) is 0 Å². The Kier molecular flexibility index (Phi) is 10.4. The third-order valence-electron chi connectivity index (χ3n) is 8.07. The summed E-state index contributed by atoms with van der Waals surface area (Å²) in [6, 6.07) is 16.7. The lowest BCUT2D eigenvalue weighted by Crippen LogP contribution is -2.45. The van der Waals surface area contributed by atoms with E-state index in [0.717, 1.165) is 35.3 Å². The molecule has 1 atom stereocenters. The van der Waals surface area contributed by atoms with Gasteiger partial charge in [-0.05, 0) is 68.7 Å². The number of aliphatic hydroxyl groups is 1. The molecule has 1 amide bonds. The average molecular weight is 714 g/mol. The third-order valence-corrected chi connectivity index (χ3v) is 11.1. The fraction of sp³-hybridized carbons (Fsp3) is 0.333. The summed E-state index contributed by atoms with van der Waals surface area (Å²) in [6.45, 7) is 3.38. The van der Waals surface area contributed by atoms with Crippen LogP contribution in [-0.2, 0) is 16.8 Å². The van der Waals surface area contributed by atoms with Gasteiger partial charge in [-0.15, -0.1) is 11.3 Å². The number of halogens is 2. The van der Waals surface area contributed by atoms with Crippen LogP contribution in [0.1, 0.15) is 57.7 Å². The zero-order chi connectivity index (χ0) is 33.1. The normalized spacial score (nSPS) is 17.4. The van der Waals surface area contributed by atoms with Crippen LogP contribution >= 0.6 is 34.5 Å². The maximum absolute atomic E-state index is 13.9. The number of amides is 1. The van der Waals surface area contributed by atoms with Crippen molar-refractivity contribution in [3.8, 4) is 28.1 Å². The number of aliphatic hydroxyl groups excluding tert-OH is 1. The van der Waals surface area contributed by atoms with Crippen LogP contribution in [0.5, 0.6) is 0 Å². The first-order chi connectivity index (χ1) is 22.6. The van der Waals surface area contributed by atoms with Crippen molar-refractivity contribution >= 4 is 50.7 Å². The van der Waals surface area contributed by atoms with E-state index in [1.807, 2.05) is 48.3 Å². The van der Waals surface area contributed by atoms with Gasteiger partial charge in [0.15, 0.2) is 5.69 Å². The SMILES string of the molecule is Cc1ccc(C#Cc2ccc(-c3c(CNS(=O)(=O)N4CC[C@H](O)C4)c(C(=O)NN4CCCCC4)nn3-c3ccc(Cl)cc3Cl)s2)cc1. The zero-order valence-electron chi connectivity index (χ0n) is 25.7. The first-order valence-corrected chi connectivity index (χ1v) is 18.3. The molecule has 2 aliphatic heterocycles. The standard InChI is InChI=1S/C33H34Cl2N6O4S2/c1-22-5-7-23(8-6-22)9-11-26-12-14-30(46-26)32-27(20-36-47(44,45)40-18-15-25(42)21-40)31(33(43)38-39-16-3-2-4-17-39)37-41(32)29-13-10-24(34)19-28(29)35/h5-8,10,12-14,19,25,36,42H,2-4,15-18,20-21H2,1H3,(H,38,43)/t25-/m0/s1. The number of hydrogen-bond acceptors (Lipinski definition) is 7. The van der Waals surface area contributed by atoms with E-state index in [0.29, 0.717) is 51.4 Å². The zero-order valence-corrected chi connectivity index (χ0v) is 28.8. The second-order valence-corrected chi connectivity index (χ2v) is 15.3. The molecule has 14 heteroatoms. The Hall–Kier alpha value is -3.25. The molecule has 0 bridgehead atoms. The van der Waals surface area contributed by atoms with Gasteiger partial charge in [-0.1, -0.05) is 59.2 Å². The highest BCUT2D eigenvalue weighted by Gasteiger charge is 2.33. The minimum absolute atomic E-state index is 0.00191. The molecule has 0 spiro atoms. The largest absolute Gasteiger partial charge is 0.392 e. The lowest BCUT2D eigenvalue weighted by molar-refractivity contribution is 0.0743. The molecule has 0 saturated carbocycles. The molecule has 10 nitrogen and oxygen atoms in total. The topological polar surface area (TPSA) is 120 Å². The van der Waals surface area contributed by atoms with Crippen LogP contribution in [0.3, 0.4) is 0 Å². The van der Waals surface area contributed by atoms with E-state index in [9.17, 15) is 18.3 Å². The monoisotopic (exact) mass is 712 g/mol. The second kappa shape index (κ2) is 14.5. The van der Waals surface area contributed by atoms with Crippen molar-refractivity contribution in [1.29, 1.82) is 0 Å². The lowest BCUT2D eigenvalue weighted by atomic mass is 10.1. The molecule has 2 aromatic carbocycles. The summed E-state index contributed by atoms with van der Waals surface area (Å²) in [7, 11) is -3.98. The summed E-state index contributed by atoms with van der Waals surface area (Å²) < 4.78 is 32.1. The Bertz CT molecular complexity index is 1940. The van der Waals surface area contributed by atoms with Gasteiger partial charge in [0.05, 0.1) is 32.3 Å². The number of carbonyl (C=O) groups is 1. The number of thiophene rings is 1. The summed E-state index contributed by atoms with van der Waals surface area (Å²) in [5, 5.41) is 17.3. The first kappa shape index (κ1) is 33.6. The number of aromatic nitrogens is 2. The number of nitrogens with zero attached hydrogens (tertiary/aromatic N) is 4. The van der Waals surface area contributed by atoms with Crippen molar-refractivity contribution in [2.24, 2.45) is 0 Å². The molecule has 0 unspecified atom stereocenters. The van der Waals surface area contributed by atoms with Crippen LogP contribution in [-0.4, -0.2) is 70.8 Å². The Labute approximate surface area is 288 Å². The number of hydrogen-bond donors (Lipinski definition) is 3. The highest BCUT2D eigenvalue weighted by Crippen LogP contribution is 2.37. The second-order valence-electron chi connectivity index (χ2n) is 11.6. The molecule has 2 aromatic heterocycles. The van der Waals surface area contributed by atoms with Crippen molar-refractivity contribution in [1.82, 2.24) is 29.2 Å². The number of piperidine rings is 1. The molecule has 0 aliphatic carbocycles. The summed E-state index contributed by atoms with van der Waals surface area (Å²) in [6.07, 6.45) is 2.62. The maximum Gasteiger partial charge on any atom is 0.286 e. The Morgan fingerprint density at radius 2 is 1.81 bits per heavy atom. The molecule has 2 saturated heterocycles. The fourth-order valence-corrected chi connectivity index (χ4v) is 8.20. The number of aryl methyl sites for hydroxylation is 1. The van der Waals surface area contributed by atoms with Gasteiger partial charge in [-0.3, -0.25) is 10.2 Å². The molecule has 47 heavy (non-hydrogen) atoms. The summed E-state index contributed by atoms with van der Waals surface area (Å²) in [5.74, 6) is 5.95. The molecule has 2 fully saturated rings. The van der Waals surface area contributed by atoms with Gasteiger partial charge < -0.3 is 5.11 Å². The van der Waals surface area contributed by atoms with Crippen LogP contribution in [0, 0.1) is 18.8 Å². The minimum Gasteiger partial charge on any atom is -0.392 e. The van der Waals surface area contributed by atoms with Crippen molar-refractivity contribution in [3.05, 3.63) is 91.9 Å². The number of β-amino-alcohol motifs (C(OH)–C–C–N with tert-alkyl or cyclic N) is 1. The van der Waals surface area contributed by atoms with Crippen molar-refractivity contribution in [3.63, 3.8) is 0 Å². The number of nitrogens with one attached hydrogen (secondary N) is 2. The molecule has 246 valence electrons. The predicted octanol–water partition coefficient (Wildman–Crippen LogP) is 5.15. The van der Waals surface area contributed by atoms with E-state index >= 15 is 0 Å². The van der Waals surface area contributed by atoms with Gasteiger partial charge in [0.25, 0.3) is 16.1 Å². The summed E-state index contributed by atoms with van der Waals surface area (Å²) in [4.78, 5) is 15.4. The molecule has 6 rings (SSSR count). The van der Waals surface area contributed by atoms with Gasteiger partial charge in [-0.2, -0.15) is 22.5 Å². The molecular weight excluding hydrogens is 679 g/mol. The van der Waals surface area contributed by atoms with Gasteiger partial charge in [0.1, 0.15) is 0 Å². The van der Waals surface area contributed by atoms with Crippen LogP contribution in [0.4, 0.5) is 0 Å². The Morgan fingerprint density at radius 3 is 2.51 bits per heavy atom. The third kappa shape index (κ3) is 7.91. The van der Waals surface area contributed by atoms with Crippen LogP contribution in [0.25, 0.3) is 16.3 Å². The minimum atomic E-state index is -3.98. The smallest absolute Gasteiger partial charge is 0.286 e. The quantitative estimate of drug-likeness (QED) is 0.218. The molecule has 2 aliphatic rings. The number of hydrazine groups is 1. The fourth-order valence-electron chi connectivity index (χ4n) is 5.57. The van der Waals surface area contributed by atoms with Crippen molar-refractivity contribution in [2.75, 3.05) is 26.2 Å². The highest BCUT2D eigenvalue weighted by molar-refractivity contribution is 7.87. The highest BCUT2D eigenvalue weighted by atomic mass is 35.5. The van der Waals surface area contributed by atoms with Gasteiger partial charge >= 0.3 is 0 Å². The van der Waals surface area contributed by atoms with Crippen LogP contribution < -0.4 is 10.1 Å². The van der Waals surface area contributed by atoms with Gasteiger partial charge in [-0.25, -0.2) is 9.69 Å². The van der Waals surface area contributed by atoms with E-state index in [1.54, 1.807) is 22.9 Å². The molecule has 3 N–H and O–H groups in total. The summed E-state index contributed by atoms with van der Waals surface area (Å²) in [5.41, 5.74) is 6.39. The maximum atomic E-state index is 13.9. The van der Waals surface area contributed by atoms with E-state index < -0.39 is 22.2 Å². The Balaban J connectivity index is 1.45. The molecule has 0 radical (unpaired) electrons. The van der Waals surface area contributed by atoms with Crippen molar-refractivity contribution in [2.45, 2.75) is 45.3 Å². The molecule has 4 heterocycles. The van der Waals surface area contributed by atoms with E-state index in [-0.39, 0.29) is 25.3 Å². The predicted molar refractivity (Wildman–Crippen MR) is 185 cm³/mol. The van der Waals surface area contributed by atoms with Crippen LogP contribution in [0.2, 0.25) is 10.0 Å². The molecular formula is C33H34Cl2N6O4S2. The number of benzene rings is 2. The Morgan fingerprint density at radius 1 is 1.04 bits per heavy atom. The summed E-state index contributed by atoms with van der Waals surface area (Å²) >= 11 is 14.3. The average Bonchev–Trinajstić information content (AvgIpc) is 3.79. The van der Waals surface area contributed by atoms with E-state index in [2.05, 4.69) is 22.0 Å². The number of carbonyl (C=O) groups excluding carboxylic acids is 1. The van der Waals surface area contributed by atoms with Crippen LogP contribution in [0.15, 0.2) is 54.6 Å².